The van der Waals surface area contributed by atoms with Crippen molar-refractivity contribution >= 4 is 40.4 Å². The van der Waals surface area contributed by atoms with Crippen LogP contribution in [0.2, 0.25) is 9.36 Å². The first-order chi connectivity index (χ1) is 6.66. The normalized spacial score (nSPS) is 9.53. The van der Waals surface area contributed by atoms with Crippen LogP contribution < -0.4 is 0 Å². The number of amides is 1. The van der Waals surface area contributed by atoms with E-state index in [9.17, 15) is 4.79 Å². The SMILES string of the molecule is CCCC[N-]C(=O)c1c(Cl)csc1Cl.[Y]. The summed E-state index contributed by atoms with van der Waals surface area (Å²) in [5.74, 6) is -0.310. The third-order valence-electron chi connectivity index (χ3n) is 1.68. The quantitative estimate of drug-likeness (QED) is 0.749. The molecule has 2 nitrogen and oxygen atoms in total. The van der Waals surface area contributed by atoms with Gasteiger partial charge in [-0.2, -0.15) is 0 Å². The van der Waals surface area contributed by atoms with E-state index in [2.05, 4.69) is 5.32 Å². The van der Waals surface area contributed by atoms with E-state index < -0.39 is 0 Å². The van der Waals surface area contributed by atoms with Gasteiger partial charge in [0.15, 0.2) is 0 Å². The Morgan fingerprint density at radius 3 is 2.67 bits per heavy atom. The fourth-order valence-electron chi connectivity index (χ4n) is 0.919. The largest absolute Gasteiger partial charge is 0.649 e. The molecule has 1 amide bonds. The molecule has 1 aromatic rings. The van der Waals surface area contributed by atoms with E-state index in [0.29, 0.717) is 21.5 Å². The monoisotopic (exact) mass is 339 g/mol. The number of halogens is 2. The maximum absolute atomic E-state index is 11.5. The first-order valence-electron chi connectivity index (χ1n) is 4.31. The molecule has 6 heteroatoms. The van der Waals surface area contributed by atoms with E-state index in [0.717, 1.165) is 12.8 Å². The van der Waals surface area contributed by atoms with Gasteiger partial charge in [-0.1, -0.05) is 43.0 Å². The van der Waals surface area contributed by atoms with E-state index in [1.807, 2.05) is 6.92 Å². The molecular weight excluding hydrogens is 330 g/mol. The maximum atomic E-state index is 11.5. The Morgan fingerprint density at radius 2 is 2.20 bits per heavy atom. The summed E-state index contributed by atoms with van der Waals surface area (Å²) in [6, 6.07) is 0. The summed E-state index contributed by atoms with van der Waals surface area (Å²) in [6.45, 7) is 2.59. The summed E-state index contributed by atoms with van der Waals surface area (Å²) in [4.78, 5) is 11.5. The van der Waals surface area contributed by atoms with Gasteiger partial charge in [-0.15, -0.1) is 17.9 Å². The Morgan fingerprint density at radius 1 is 1.53 bits per heavy atom. The number of carbonyl (C=O) groups excluding carboxylic acids is 1. The average molecular weight is 340 g/mol. The van der Waals surface area contributed by atoms with Crippen molar-refractivity contribution in [2.75, 3.05) is 6.54 Å². The van der Waals surface area contributed by atoms with Crippen molar-refractivity contribution in [1.82, 2.24) is 0 Å². The van der Waals surface area contributed by atoms with Gasteiger partial charge in [-0.3, -0.25) is 0 Å². The second kappa shape index (κ2) is 8.02. The fourth-order valence-corrected chi connectivity index (χ4v) is 2.29. The minimum Gasteiger partial charge on any atom is -0.649 e. The molecule has 15 heavy (non-hydrogen) atoms. The Bertz CT molecular complexity index is 310. The van der Waals surface area contributed by atoms with Crippen molar-refractivity contribution in [3.8, 4) is 0 Å². The minimum atomic E-state index is -0.310. The van der Waals surface area contributed by atoms with E-state index in [1.54, 1.807) is 5.38 Å². The molecule has 81 valence electrons. The summed E-state index contributed by atoms with van der Waals surface area (Å²) < 4.78 is 0.417. The van der Waals surface area contributed by atoms with E-state index in [4.69, 9.17) is 23.2 Å². The van der Waals surface area contributed by atoms with Crippen molar-refractivity contribution in [2.45, 2.75) is 19.8 Å². The zero-order valence-electron chi connectivity index (χ0n) is 8.30. The Balaban J connectivity index is 0.00000196. The Kier molecular flexibility index (Phi) is 8.48. The molecule has 0 spiro atoms. The van der Waals surface area contributed by atoms with Crippen LogP contribution in [0.3, 0.4) is 0 Å². The van der Waals surface area contributed by atoms with Crippen LogP contribution in [-0.4, -0.2) is 12.5 Å². The molecule has 0 bridgehead atoms. The molecule has 0 aliphatic carbocycles. The smallest absolute Gasteiger partial charge is 0.104 e. The molecule has 0 aliphatic heterocycles. The van der Waals surface area contributed by atoms with Crippen molar-refractivity contribution in [3.05, 3.63) is 25.6 Å². The predicted molar refractivity (Wildman–Crippen MR) is 61.8 cm³/mol. The van der Waals surface area contributed by atoms with Gasteiger partial charge in [0.25, 0.3) is 0 Å². The summed E-state index contributed by atoms with van der Waals surface area (Å²) in [6.07, 6.45) is 1.92. The first kappa shape index (κ1) is 15.9. The third-order valence-corrected chi connectivity index (χ3v) is 3.33. The first-order valence-corrected chi connectivity index (χ1v) is 5.94. The van der Waals surface area contributed by atoms with Crippen LogP contribution in [0.5, 0.6) is 0 Å². The van der Waals surface area contributed by atoms with Gasteiger partial charge in [0.05, 0.1) is 10.9 Å². The predicted octanol–water partition coefficient (Wildman–Crippen LogP) is 4.37. The molecule has 0 saturated carbocycles. The molecule has 1 heterocycles. The van der Waals surface area contributed by atoms with Crippen LogP contribution in [0.1, 0.15) is 30.1 Å². The number of nitrogens with zero attached hydrogens (tertiary/aromatic N) is 1. The summed E-state index contributed by atoms with van der Waals surface area (Å²) in [5, 5.41) is 5.92. The number of rotatable bonds is 4. The minimum absolute atomic E-state index is 0. The second-order valence-electron chi connectivity index (χ2n) is 2.77. The van der Waals surface area contributed by atoms with Gasteiger partial charge >= 0.3 is 0 Å². The molecule has 0 atom stereocenters. The zero-order valence-corrected chi connectivity index (χ0v) is 13.5. The molecule has 1 rings (SSSR count). The van der Waals surface area contributed by atoms with Crippen LogP contribution in [-0.2, 0) is 32.7 Å². The number of carbonyl (C=O) groups is 1. The summed E-state index contributed by atoms with van der Waals surface area (Å²) in [5.41, 5.74) is 0.342. The van der Waals surface area contributed by atoms with Crippen LogP contribution in [0, 0.1) is 0 Å². The molecule has 0 saturated heterocycles. The number of hydrogen-bond acceptors (Lipinski definition) is 2. The maximum Gasteiger partial charge on any atom is 0.104 e. The van der Waals surface area contributed by atoms with Crippen LogP contribution in [0.4, 0.5) is 0 Å². The third kappa shape index (κ3) is 4.70. The van der Waals surface area contributed by atoms with Crippen LogP contribution in [0.25, 0.3) is 5.32 Å². The molecule has 1 radical (unpaired) electrons. The molecule has 0 fully saturated rings. The van der Waals surface area contributed by atoms with E-state index >= 15 is 0 Å². The van der Waals surface area contributed by atoms with Gasteiger partial charge in [0.1, 0.15) is 4.34 Å². The molecule has 0 unspecified atom stereocenters. The average Bonchev–Trinajstić information content (AvgIpc) is 2.46. The van der Waals surface area contributed by atoms with Gasteiger partial charge in [-0.05, 0) is 0 Å². The number of thiophene rings is 1. The van der Waals surface area contributed by atoms with Crippen LogP contribution >= 0.6 is 34.5 Å². The van der Waals surface area contributed by atoms with Crippen molar-refractivity contribution in [1.29, 1.82) is 0 Å². The standard InChI is InChI=1S/C9H11Cl2NOS.Y/c1-2-3-4-12-9(13)7-6(10)5-14-8(7)11;/h5H,2-4H2,1H3,(H,12,13);/p-1. The molecule has 0 N–H and O–H groups in total. The van der Waals surface area contributed by atoms with Crippen molar-refractivity contribution < 1.29 is 37.5 Å². The van der Waals surface area contributed by atoms with Crippen molar-refractivity contribution in [3.63, 3.8) is 0 Å². The summed E-state index contributed by atoms with van der Waals surface area (Å²) >= 11 is 12.9. The second-order valence-corrected chi connectivity index (χ2v) is 4.66. The Labute approximate surface area is 129 Å². The van der Waals surface area contributed by atoms with Crippen molar-refractivity contribution in [2.24, 2.45) is 0 Å². The van der Waals surface area contributed by atoms with Gasteiger partial charge in [-0.25, -0.2) is 0 Å². The van der Waals surface area contributed by atoms with Crippen LogP contribution in [0.15, 0.2) is 5.38 Å². The fraction of sp³-hybridized carbons (Fsp3) is 0.444. The number of hydrogen-bond donors (Lipinski definition) is 0. The molecule has 0 aromatic carbocycles. The van der Waals surface area contributed by atoms with E-state index in [1.165, 1.54) is 11.3 Å². The Hall–Kier alpha value is 0.854. The molecule has 0 aliphatic rings. The topological polar surface area (TPSA) is 31.2 Å². The van der Waals surface area contributed by atoms with Gasteiger partial charge < -0.3 is 10.1 Å². The molecule has 1 aromatic heterocycles. The van der Waals surface area contributed by atoms with Gasteiger partial charge in [0, 0.05) is 43.7 Å². The zero-order chi connectivity index (χ0) is 10.6. The van der Waals surface area contributed by atoms with E-state index in [-0.39, 0.29) is 38.6 Å². The number of unbranched alkanes of at least 4 members (excludes halogenated alkanes) is 1. The summed E-state index contributed by atoms with van der Waals surface area (Å²) in [7, 11) is 0. The molecular formula is C9H10Cl2NOSY-. The van der Waals surface area contributed by atoms with Gasteiger partial charge in [0.2, 0.25) is 0 Å².